The third-order valence-electron chi connectivity index (χ3n) is 4.13. The van der Waals surface area contributed by atoms with Crippen molar-refractivity contribution >= 4 is 22.1 Å². The maximum atomic E-state index is 12.9. The highest BCUT2D eigenvalue weighted by Gasteiger charge is 2.13. The van der Waals surface area contributed by atoms with Gasteiger partial charge in [0.05, 0.1) is 16.8 Å². The van der Waals surface area contributed by atoms with Crippen LogP contribution in [0.1, 0.15) is 0 Å². The minimum Gasteiger partial charge on any atom is -0.399 e. The number of hydrogen-bond acceptors (Lipinski definition) is 4. The fourth-order valence-corrected chi connectivity index (χ4v) is 2.83. The van der Waals surface area contributed by atoms with E-state index < -0.39 is 0 Å². The third kappa shape index (κ3) is 2.61. The summed E-state index contributed by atoms with van der Waals surface area (Å²) >= 11 is 0. The van der Waals surface area contributed by atoms with Gasteiger partial charge < -0.3 is 11.5 Å². The Balaban J connectivity index is 2.05. The molecular formula is C20H16N4O. The van der Waals surface area contributed by atoms with Crippen molar-refractivity contribution in [3.8, 4) is 16.9 Å². The van der Waals surface area contributed by atoms with Crippen LogP contribution < -0.4 is 17.0 Å². The van der Waals surface area contributed by atoms with E-state index in [1.807, 2.05) is 48.5 Å². The fourth-order valence-electron chi connectivity index (χ4n) is 2.83. The Bertz CT molecular complexity index is 1110. The van der Waals surface area contributed by atoms with Crippen molar-refractivity contribution in [1.82, 2.24) is 9.78 Å². The molecule has 122 valence electrons. The van der Waals surface area contributed by atoms with Crippen LogP contribution in [0, 0.1) is 0 Å². The molecule has 5 heteroatoms. The summed E-state index contributed by atoms with van der Waals surface area (Å²) < 4.78 is 1.41. The highest BCUT2D eigenvalue weighted by atomic mass is 16.1. The lowest BCUT2D eigenvalue weighted by Crippen LogP contribution is -2.22. The van der Waals surface area contributed by atoms with Crippen LogP contribution in [0.25, 0.3) is 27.7 Å². The second-order valence-corrected chi connectivity index (χ2v) is 5.82. The number of nitrogens with two attached hydrogens (primary N) is 2. The first kappa shape index (κ1) is 15.0. The first-order valence-electron chi connectivity index (χ1n) is 7.87. The summed E-state index contributed by atoms with van der Waals surface area (Å²) in [5.74, 6) is 0. The van der Waals surface area contributed by atoms with Gasteiger partial charge in [-0.2, -0.15) is 9.78 Å². The van der Waals surface area contributed by atoms with Crippen molar-refractivity contribution in [2.45, 2.75) is 0 Å². The molecule has 0 aliphatic rings. The van der Waals surface area contributed by atoms with Gasteiger partial charge in [-0.3, -0.25) is 4.79 Å². The van der Waals surface area contributed by atoms with E-state index in [1.165, 1.54) is 4.68 Å². The zero-order valence-electron chi connectivity index (χ0n) is 13.4. The van der Waals surface area contributed by atoms with E-state index in [0.717, 1.165) is 16.6 Å². The molecule has 4 rings (SSSR count). The third-order valence-corrected chi connectivity index (χ3v) is 4.13. The van der Waals surface area contributed by atoms with Crippen LogP contribution in [0.3, 0.4) is 0 Å². The number of anilines is 2. The number of nitrogen functional groups attached to an aromatic ring is 2. The highest BCUT2D eigenvalue weighted by Crippen LogP contribution is 2.26. The predicted molar refractivity (Wildman–Crippen MR) is 102 cm³/mol. The van der Waals surface area contributed by atoms with Crippen molar-refractivity contribution in [2.75, 3.05) is 11.5 Å². The number of fused-ring (bicyclic) bond motifs is 1. The molecule has 1 aromatic heterocycles. The van der Waals surface area contributed by atoms with E-state index in [0.29, 0.717) is 22.4 Å². The first-order valence-corrected chi connectivity index (χ1v) is 7.87. The van der Waals surface area contributed by atoms with Gasteiger partial charge in [0.1, 0.15) is 0 Å². The molecule has 3 aromatic carbocycles. The summed E-state index contributed by atoms with van der Waals surface area (Å²) in [6.07, 6.45) is 0. The standard InChI is InChI=1S/C20H16N4O/c21-14-7-5-13(6-8-14)19-17-3-1-2-4-18(17)20(25)24(23-19)16-11-9-15(22)10-12-16/h1-12H,21-22H2. The molecule has 0 atom stereocenters. The van der Waals surface area contributed by atoms with Gasteiger partial charge in [-0.25, -0.2) is 0 Å². The van der Waals surface area contributed by atoms with Crippen LogP contribution in [0.2, 0.25) is 0 Å². The van der Waals surface area contributed by atoms with Crippen LogP contribution in [0.5, 0.6) is 0 Å². The van der Waals surface area contributed by atoms with E-state index >= 15 is 0 Å². The molecule has 0 bridgehead atoms. The Labute approximate surface area is 144 Å². The van der Waals surface area contributed by atoms with Gasteiger partial charge in [0, 0.05) is 22.3 Å². The van der Waals surface area contributed by atoms with Gasteiger partial charge in [-0.15, -0.1) is 0 Å². The molecule has 4 N–H and O–H groups in total. The first-order chi connectivity index (χ1) is 12.1. The van der Waals surface area contributed by atoms with Crippen LogP contribution in [0.4, 0.5) is 11.4 Å². The Hall–Kier alpha value is -3.60. The topological polar surface area (TPSA) is 86.9 Å². The van der Waals surface area contributed by atoms with Gasteiger partial charge >= 0.3 is 0 Å². The minimum atomic E-state index is -0.167. The number of aromatic nitrogens is 2. The van der Waals surface area contributed by atoms with Gasteiger partial charge in [0.25, 0.3) is 5.56 Å². The molecular weight excluding hydrogens is 312 g/mol. The molecule has 0 unspecified atom stereocenters. The van der Waals surface area contributed by atoms with Crippen molar-refractivity contribution in [2.24, 2.45) is 0 Å². The second kappa shape index (κ2) is 5.79. The number of hydrogen-bond donors (Lipinski definition) is 2. The summed E-state index contributed by atoms with van der Waals surface area (Å²) in [4.78, 5) is 12.9. The lowest BCUT2D eigenvalue weighted by atomic mass is 10.0. The Morgan fingerprint density at radius 1 is 0.720 bits per heavy atom. The molecule has 1 heterocycles. The molecule has 0 aliphatic carbocycles. The molecule has 0 aliphatic heterocycles. The molecule has 0 fully saturated rings. The highest BCUT2D eigenvalue weighted by molar-refractivity contribution is 5.94. The molecule has 5 nitrogen and oxygen atoms in total. The number of nitrogens with zero attached hydrogens (tertiary/aromatic N) is 2. The van der Waals surface area contributed by atoms with Crippen LogP contribution in [-0.4, -0.2) is 9.78 Å². The van der Waals surface area contributed by atoms with Crippen molar-refractivity contribution < 1.29 is 0 Å². The molecule has 0 spiro atoms. The number of benzene rings is 3. The van der Waals surface area contributed by atoms with Crippen molar-refractivity contribution in [3.63, 3.8) is 0 Å². The average molecular weight is 328 g/mol. The van der Waals surface area contributed by atoms with E-state index in [2.05, 4.69) is 5.10 Å². The Morgan fingerprint density at radius 3 is 1.92 bits per heavy atom. The van der Waals surface area contributed by atoms with E-state index in [1.54, 1.807) is 24.3 Å². The summed E-state index contributed by atoms with van der Waals surface area (Å²) in [6.45, 7) is 0. The average Bonchev–Trinajstić information content (AvgIpc) is 2.64. The Kier molecular flexibility index (Phi) is 3.47. The maximum Gasteiger partial charge on any atom is 0.279 e. The van der Waals surface area contributed by atoms with Gasteiger partial charge in [0.2, 0.25) is 0 Å². The quantitative estimate of drug-likeness (QED) is 0.553. The summed E-state index contributed by atoms with van der Waals surface area (Å²) in [5, 5.41) is 6.04. The molecule has 0 radical (unpaired) electrons. The number of rotatable bonds is 2. The van der Waals surface area contributed by atoms with Crippen LogP contribution in [-0.2, 0) is 0 Å². The molecule has 25 heavy (non-hydrogen) atoms. The molecule has 4 aromatic rings. The van der Waals surface area contributed by atoms with Crippen LogP contribution in [0.15, 0.2) is 77.6 Å². The van der Waals surface area contributed by atoms with E-state index in [9.17, 15) is 4.79 Å². The fraction of sp³-hybridized carbons (Fsp3) is 0. The molecule has 0 saturated heterocycles. The van der Waals surface area contributed by atoms with Gasteiger partial charge in [-0.1, -0.05) is 30.3 Å². The summed E-state index contributed by atoms with van der Waals surface area (Å²) in [5.41, 5.74) is 15.0. The molecule has 0 amide bonds. The molecule has 0 saturated carbocycles. The zero-order chi connectivity index (χ0) is 17.4. The normalized spacial score (nSPS) is 10.9. The van der Waals surface area contributed by atoms with Gasteiger partial charge in [-0.05, 0) is 42.5 Å². The maximum absolute atomic E-state index is 12.9. The zero-order valence-corrected chi connectivity index (χ0v) is 13.4. The summed E-state index contributed by atoms with van der Waals surface area (Å²) in [6, 6.07) is 22.0. The predicted octanol–water partition coefficient (Wildman–Crippen LogP) is 3.22. The SMILES string of the molecule is Nc1ccc(-c2nn(-c3ccc(N)cc3)c(=O)c3ccccc23)cc1. The van der Waals surface area contributed by atoms with E-state index in [-0.39, 0.29) is 5.56 Å². The van der Waals surface area contributed by atoms with Gasteiger partial charge in [0.15, 0.2) is 0 Å². The minimum absolute atomic E-state index is 0.167. The van der Waals surface area contributed by atoms with Crippen molar-refractivity contribution in [1.29, 1.82) is 0 Å². The van der Waals surface area contributed by atoms with Crippen LogP contribution >= 0.6 is 0 Å². The smallest absolute Gasteiger partial charge is 0.279 e. The summed E-state index contributed by atoms with van der Waals surface area (Å²) in [7, 11) is 0. The second-order valence-electron chi connectivity index (χ2n) is 5.82. The van der Waals surface area contributed by atoms with E-state index in [4.69, 9.17) is 11.5 Å². The lowest BCUT2D eigenvalue weighted by Gasteiger charge is -2.11. The Morgan fingerprint density at radius 2 is 1.28 bits per heavy atom. The largest absolute Gasteiger partial charge is 0.399 e. The monoisotopic (exact) mass is 328 g/mol. The lowest BCUT2D eigenvalue weighted by molar-refractivity contribution is 0.826. The van der Waals surface area contributed by atoms with Crippen molar-refractivity contribution in [3.05, 3.63) is 83.2 Å².